The van der Waals surface area contributed by atoms with Crippen molar-refractivity contribution in [2.75, 3.05) is 11.4 Å². The van der Waals surface area contributed by atoms with Gasteiger partial charge in [-0.2, -0.15) is 0 Å². The zero-order valence-corrected chi connectivity index (χ0v) is 13.7. The Bertz CT molecular complexity index is 661. The first-order valence-corrected chi connectivity index (χ1v) is 7.56. The van der Waals surface area contributed by atoms with Gasteiger partial charge in [0.15, 0.2) is 0 Å². The fourth-order valence-electron chi connectivity index (χ4n) is 1.93. The Balaban J connectivity index is 2.01. The second-order valence-corrected chi connectivity index (χ2v) is 5.51. The van der Waals surface area contributed by atoms with Crippen LogP contribution in [0.1, 0.15) is 12.6 Å². The molecule has 1 N–H and O–H groups in total. The van der Waals surface area contributed by atoms with Gasteiger partial charge in [-0.25, -0.2) is 0 Å². The standard InChI is InChI=1S/C16H16BrN3O2/c1-12(21)20(15-8-3-2-7-14(15)17)11-16(22)19-10-13-6-4-5-9-18-13/h2-9H,10-11H2,1H3,(H,19,22). The number of hydrogen-bond acceptors (Lipinski definition) is 3. The lowest BCUT2D eigenvalue weighted by atomic mass is 10.2. The normalized spacial score (nSPS) is 10.1. The van der Waals surface area contributed by atoms with Gasteiger partial charge >= 0.3 is 0 Å². The Morgan fingerprint density at radius 2 is 1.91 bits per heavy atom. The van der Waals surface area contributed by atoms with E-state index in [0.717, 1.165) is 10.2 Å². The van der Waals surface area contributed by atoms with Crippen molar-refractivity contribution in [3.63, 3.8) is 0 Å². The number of carbonyl (C=O) groups is 2. The van der Waals surface area contributed by atoms with Crippen LogP contribution in [0.2, 0.25) is 0 Å². The third-order valence-corrected chi connectivity index (χ3v) is 3.69. The first kappa shape index (κ1) is 16.2. The molecule has 1 aromatic carbocycles. The van der Waals surface area contributed by atoms with Gasteiger partial charge in [-0.3, -0.25) is 14.6 Å². The maximum Gasteiger partial charge on any atom is 0.240 e. The number of rotatable bonds is 5. The van der Waals surface area contributed by atoms with Crippen LogP contribution in [0, 0.1) is 0 Å². The van der Waals surface area contributed by atoms with E-state index in [9.17, 15) is 9.59 Å². The van der Waals surface area contributed by atoms with Crippen molar-refractivity contribution in [1.82, 2.24) is 10.3 Å². The summed E-state index contributed by atoms with van der Waals surface area (Å²) < 4.78 is 0.766. The molecule has 22 heavy (non-hydrogen) atoms. The summed E-state index contributed by atoms with van der Waals surface area (Å²) in [5, 5.41) is 2.76. The van der Waals surface area contributed by atoms with Gasteiger partial charge in [0.05, 0.1) is 17.9 Å². The molecule has 2 aromatic rings. The van der Waals surface area contributed by atoms with Crippen molar-refractivity contribution < 1.29 is 9.59 Å². The minimum absolute atomic E-state index is 0.0369. The molecule has 0 bridgehead atoms. The number of nitrogens with zero attached hydrogens (tertiary/aromatic N) is 2. The van der Waals surface area contributed by atoms with Gasteiger partial charge in [0.2, 0.25) is 11.8 Å². The number of para-hydroxylation sites is 1. The molecule has 2 rings (SSSR count). The highest BCUT2D eigenvalue weighted by molar-refractivity contribution is 9.10. The molecular weight excluding hydrogens is 346 g/mol. The molecule has 114 valence electrons. The molecule has 2 amide bonds. The SMILES string of the molecule is CC(=O)N(CC(=O)NCc1ccccn1)c1ccccc1Br. The highest BCUT2D eigenvalue weighted by Gasteiger charge is 2.17. The van der Waals surface area contributed by atoms with Gasteiger partial charge in [0.1, 0.15) is 6.54 Å². The molecule has 0 aliphatic rings. The van der Waals surface area contributed by atoms with Crippen molar-refractivity contribution in [2.24, 2.45) is 0 Å². The zero-order chi connectivity index (χ0) is 15.9. The predicted molar refractivity (Wildman–Crippen MR) is 88.3 cm³/mol. The number of halogens is 1. The van der Waals surface area contributed by atoms with E-state index in [4.69, 9.17) is 0 Å². The van der Waals surface area contributed by atoms with E-state index in [2.05, 4.69) is 26.2 Å². The summed E-state index contributed by atoms with van der Waals surface area (Å²) in [5.41, 5.74) is 1.44. The predicted octanol–water partition coefficient (Wildman–Crippen LogP) is 2.51. The largest absolute Gasteiger partial charge is 0.349 e. The molecule has 0 spiro atoms. The van der Waals surface area contributed by atoms with Crippen LogP contribution in [0.15, 0.2) is 53.1 Å². The molecule has 0 aliphatic heterocycles. The van der Waals surface area contributed by atoms with Crippen molar-refractivity contribution in [2.45, 2.75) is 13.5 Å². The Hall–Kier alpha value is -2.21. The Morgan fingerprint density at radius 1 is 1.18 bits per heavy atom. The molecule has 0 radical (unpaired) electrons. The van der Waals surface area contributed by atoms with Gasteiger partial charge in [-0.05, 0) is 40.2 Å². The lowest BCUT2D eigenvalue weighted by molar-refractivity contribution is -0.123. The summed E-state index contributed by atoms with van der Waals surface area (Å²) in [5.74, 6) is -0.434. The number of nitrogens with one attached hydrogen (secondary N) is 1. The smallest absolute Gasteiger partial charge is 0.240 e. The number of aromatic nitrogens is 1. The van der Waals surface area contributed by atoms with Crippen LogP contribution in [0.3, 0.4) is 0 Å². The highest BCUT2D eigenvalue weighted by atomic mass is 79.9. The molecule has 0 unspecified atom stereocenters. The first-order valence-electron chi connectivity index (χ1n) is 6.77. The van der Waals surface area contributed by atoms with E-state index in [1.165, 1.54) is 11.8 Å². The van der Waals surface area contributed by atoms with Crippen LogP contribution in [0.4, 0.5) is 5.69 Å². The minimum Gasteiger partial charge on any atom is -0.349 e. The molecule has 0 saturated carbocycles. The monoisotopic (exact) mass is 361 g/mol. The number of pyridine rings is 1. The lowest BCUT2D eigenvalue weighted by Gasteiger charge is -2.21. The molecule has 0 aliphatic carbocycles. The third-order valence-electron chi connectivity index (χ3n) is 3.02. The molecule has 6 heteroatoms. The maximum absolute atomic E-state index is 12.1. The third kappa shape index (κ3) is 4.39. The van der Waals surface area contributed by atoms with E-state index in [1.54, 1.807) is 12.3 Å². The summed E-state index contributed by atoms with van der Waals surface area (Å²) in [6.45, 7) is 1.73. The van der Waals surface area contributed by atoms with E-state index >= 15 is 0 Å². The first-order chi connectivity index (χ1) is 10.6. The number of benzene rings is 1. The summed E-state index contributed by atoms with van der Waals surface area (Å²) in [6, 6.07) is 12.8. The summed E-state index contributed by atoms with van der Waals surface area (Å²) >= 11 is 3.40. The van der Waals surface area contributed by atoms with Gasteiger partial charge in [0.25, 0.3) is 0 Å². The molecule has 0 saturated heterocycles. The Labute approximate surface area is 137 Å². The van der Waals surface area contributed by atoms with Crippen molar-refractivity contribution in [1.29, 1.82) is 0 Å². The topological polar surface area (TPSA) is 62.3 Å². The molecule has 0 atom stereocenters. The van der Waals surface area contributed by atoms with Crippen LogP contribution >= 0.6 is 15.9 Å². The quantitative estimate of drug-likeness (QED) is 0.889. The zero-order valence-electron chi connectivity index (χ0n) is 12.1. The van der Waals surface area contributed by atoms with Crippen LogP contribution in [-0.2, 0) is 16.1 Å². The lowest BCUT2D eigenvalue weighted by Crippen LogP contribution is -2.39. The maximum atomic E-state index is 12.1. The van der Waals surface area contributed by atoms with E-state index < -0.39 is 0 Å². The van der Waals surface area contributed by atoms with E-state index in [0.29, 0.717) is 12.2 Å². The summed E-state index contributed by atoms with van der Waals surface area (Å²) in [7, 11) is 0. The number of carbonyl (C=O) groups excluding carboxylic acids is 2. The Morgan fingerprint density at radius 3 is 2.55 bits per heavy atom. The molecular formula is C16H16BrN3O2. The van der Waals surface area contributed by atoms with Crippen molar-refractivity contribution in [3.05, 3.63) is 58.8 Å². The molecule has 1 heterocycles. The number of hydrogen-bond donors (Lipinski definition) is 1. The molecule has 0 fully saturated rings. The Kier molecular flexibility index (Phi) is 5.66. The average molecular weight is 362 g/mol. The molecule has 5 nitrogen and oxygen atoms in total. The van der Waals surface area contributed by atoms with Crippen LogP contribution in [0.5, 0.6) is 0 Å². The van der Waals surface area contributed by atoms with Gasteiger partial charge in [0, 0.05) is 17.6 Å². The number of anilines is 1. The van der Waals surface area contributed by atoms with Crippen molar-refractivity contribution in [3.8, 4) is 0 Å². The minimum atomic E-state index is -0.239. The van der Waals surface area contributed by atoms with Crippen LogP contribution < -0.4 is 10.2 Å². The second kappa shape index (κ2) is 7.70. The van der Waals surface area contributed by atoms with Gasteiger partial charge < -0.3 is 10.2 Å². The summed E-state index contributed by atoms with van der Waals surface area (Å²) in [6.07, 6.45) is 1.67. The van der Waals surface area contributed by atoms with Crippen molar-refractivity contribution >= 4 is 33.4 Å². The highest BCUT2D eigenvalue weighted by Crippen LogP contribution is 2.25. The fraction of sp³-hybridized carbons (Fsp3) is 0.188. The van der Waals surface area contributed by atoms with Crippen LogP contribution in [-0.4, -0.2) is 23.3 Å². The molecule has 1 aromatic heterocycles. The second-order valence-electron chi connectivity index (χ2n) is 4.65. The average Bonchev–Trinajstić information content (AvgIpc) is 2.52. The van der Waals surface area contributed by atoms with Crippen LogP contribution in [0.25, 0.3) is 0 Å². The van der Waals surface area contributed by atoms with Gasteiger partial charge in [-0.1, -0.05) is 18.2 Å². The number of amides is 2. The fourth-order valence-corrected chi connectivity index (χ4v) is 2.43. The van der Waals surface area contributed by atoms with E-state index in [1.807, 2.05) is 36.4 Å². The van der Waals surface area contributed by atoms with Gasteiger partial charge in [-0.15, -0.1) is 0 Å². The summed E-state index contributed by atoms with van der Waals surface area (Å²) in [4.78, 5) is 29.4. The van der Waals surface area contributed by atoms with E-state index in [-0.39, 0.29) is 18.4 Å².